The van der Waals surface area contributed by atoms with Crippen LogP contribution in [0.3, 0.4) is 0 Å². The molecule has 0 aromatic heterocycles. The van der Waals surface area contributed by atoms with E-state index in [1.807, 2.05) is 0 Å². The lowest BCUT2D eigenvalue weighted by atomic mass is 9.95. The van der Waals surface area contributed by atoms with Gasteiger partial charge in [-0.05, 0) is 31.0 Å². The van der Waals surface area contributed by atoms with Crippen LogP contribution in [0.25, 0.3) is 0 Å². The molecule has 0 spiro atoms. The topological polar surface area (TPSA) is 93.7 Å². The maximum absolute atomic E-state index is 12.1. The van der Waals surface area contributed by atoms with Crippen molar-refractivity contribution in [1.29, 1.82) is 0 Å². The quantitative estimate of drug-likeness (QED) is 0.614. The van der Waals surface area contributed by atoms with E-state index in [0.717, 1.165) is 25.7 Å². The van der Waals surface area contributed by atoms with Crippen LogP contribution in [-0.4, -0.2) is 47.2 Å². The third kappa shape index (κ3) is 6.42. The lowest BCUT2D eigenvalue weighted by molar-refractivity contribution is -0.124. The summed E-state index contributed by atoms with van der Waals surface area (Å²) < 4.78 is 36.9. The van der Waals surface area contributed by atoms with Gasteiger partial charge in [-0.2, -0.15) is 0 Å². The van der Waals surface area contributed by atoms with E-state index < -0.39 is 10.0 Å². The molecule has 0 heterocycles. The molecule has 7 nitrogen and oxygen atoms in total. The van der Waals surface area contributed by atoms with Crippen LogP contribution in [0.2, 0.25) is 5.02 Å². The van der Waals surface area contributed by atoms with E-state index in [0.29, 0.717) is 0 Å². The monoisotopic (exact) mass is 404 g/mol. The molecule has 2 N–H and O–H groups in total. The Hall–Kier alpha value is -1.35. The molecule has 9 heteroatoms. The number of nitrogens with one attached hydrogen (secondary N) is 2. The Labute approximate surface area is 159 Å². The van der Waals surface area contributed by atoms with Crippen LogP contribution in [-0.2, 0) is 19.6 Å². The average Bonchev–Trinajstić information content (AvgIpc) is 2.61. The molecule has 0 unspecified atom stereocenters. The minimum absolute atomic E-state index is 0.0256. The second kappa shape index (κ2) is 10.1. The summed E-state index contributed by atoms with van der Waals surface area (Å²) in [4.78, 5) is 12.0. The summed E-state index contributed by atoms with van der Waals surface area (Å²) in [6.45, 7) is 0.273. The van der Waals surface area contributed by atoms with Gasteiger partial charge >= 0.3 is 0 Å². The summed E-state index contributed by atoms with van der Waals surface area (Å²) in [5.41, 5.74) is 0. The zero-order valence-corrected chi connectivity index (χ0v) is 16.4. The van der Waals surface area contributed by atoms with Gasteiger partial charge in [-0.3, -0.25) is 4.79 Å². The standard InChI is InChI=1S/C17H25ClN2O5S/c1-24-10-9-19-26(22,23)14-7-8-16(15(18)11-14)25-12-17(21)20-13-5-3-2-4-6-13/h7-8,11,13,19H,2-6,9-10,12H2,1H3,(H,20,21). The van der Waals surface area contributed by atoms with Crippen molar-refractivity contribution in [3.63, 3.8) is 0 Å². The molecule has 2 rings (SSSR count). The molecule has 26 heavy (non-hydrogen) atoms. The molecule has 0 radical (unpaired) electrons. The summed E-state index contributed by atoms with van der Waals surface area (Å²) in [5, 5.41) is 3.08. The number of hydrogen-bond acceptors (Lipinski definition) is 5. The molecular formula is C17H25ClN2O5S. The van der Waals surface area contributed by atoms with Crippen molar-refractivity contribution < 1.29 is 22.7 Å². The Morgan fingerprint density at radius 2 is 2.00 bits per heavy atom. The Bertz CT molecular complexity index is 705. The zero-order chi connectivity index (χ0) is 19.0. The highest BCUT2D eigenvalue weighted by Gasteiger charge is 2.18. The lowest BCUT2D eigenvalue weighted by Crippen LogP contribution is -2.39. The Morgan fingerprint density at radius 1 is 1.27 bits per heavy atom. The van der Waals surface area contributed by atoms with E-state index in [1.54, 1.807) is 0 Å². The van der Waals surface area contributed by atoms with Crippen molar-refractivity contribution in [2.24, 2.45) is 0 Å². The number of amides is 1. The first-order valence-electron chi connectivity index (χ1n) is 8.62. The third-order valence-electron chi connectivity index (χ3n) is 4.14. The number of hydrogen-bond donors (Lipinski definition) is 2. The SMILES string of the molecule is COCCNS(=O)(=O)c1ccc(OCC(=O)NC2CCCCC2)c(Cl)c1. The molecule has 0 saturated heterocycles. The van der Waals surface area contributed by atoms with Gasteiger partial charge in [0.1, 0.15) is 5.75 Å². The van der Waals surface area contributed by atoms with E-state index in [2.05, 4.69) is 10.0 Å². The Balaban J connectivity index is 1.89. The van der Waals surface area contributed by atoms with Gasteiger partial charge in [-0.15, -0.1) is 0 Å². The molecule has 146 valence electrons. The number of carbonyl (C=O) groups is 1. The van der Waals surface area contributed by atoms with Gasteiger partial charge in [0.15, 0.2) is 6.61 Å². The maximum atomic E-state index is 12.1. The van der Waals surface area contributed by atoms with Crippen molar-refractivity contribution in [2.75, 3.05) is 26.9 Å². The molecule has 1 aromatic carbocycles. The van der Waals surface area contributed by atoms with E-state index in [1.165, 1.54) is 31.7 Å². The Kier molecular flexibility index (Phi) is 8.15. The summed E-state index contributed by atoms with van der Waals surface area (Å²) in [6, 6.07) is 4.34. The summed E-state index contributed by atoms with van der Waals surface area (Å²) in [7, 11) is -2.18. The maximum Gasteiger partial charge on any atom is 0.258 e. The summed E-state index contributed by atoms with van der Waals surface area (Å²) in [5.74, 6) is 0.0622. The molecule has 1 aromatic rings. The van der Waals surface area contributed by atoms with E-state index >= 15 is 0 Å². The van der Waals surface area contributed by atoms with Gasteiger partial charge in [-0.25, -0.2) is 13.1 Å². The van der Waals surface area contributed by atoms with Crippen molar-refractivity contribution in [1.82, 2.24) is 10.0 Å². The molecule has 1 saturated carbocycles. The smallest absolute Gasteiger partial charge is 0.258 e. The molecule has 0 atom stereocenters. The number of methoxy groups -OCH3 is 1. The molecular weight excluding hydrogens is 380 g/mol. The van der Waals surface area contributed by atoms with E-state index in [4.69, 9.17) is 21.1 Å². The first kappa shape index (κ1) is 21.0. The van der Waals surface area contributed by atoms with E-state index in [9.17, 15) is 13.2 Å². The lowest BCUT2D eigenvalue weighted by Gasteiger charge is -2.22. The van der Waals surface area contributed by atoms with Crippen LogP contribution >= 0.6 is 11.6 Å². The Morgan fingerprint density at radius 3 is 2.65 bits per heavy atom. The number of ether oxygens (including phenoxy) is 2. The fraction of sp³-hybridized carbons (Fsp3) is 0.588. The van der Waals surface area contributed by atoms with Crippen molar-refractivity contribution >= 4 is 27.5 Å². The second-order valence-corrected chi connectivity index (χ2v) is 8.35. The minimum Gasteiger partial charge on any atom is -0.482 e. The molecule has 1 amide bonds. The number of rotatable bonds is 9. The fourth-order valence-electron chi connectivity index (χ4n) is 2.79. The average molecular weight is 405 g/mol. The van der Waals surface area contributed by atoms with Crippen LogP contribution in [0, 0.1) is 0 Å². The third-order valence-corrected chi connectivity index (χ3v) is 5.90. The minimum atomic E-state index is -3.67. The van der Waals surface area contributed by atoms with Crippen LogP contribution in [0.4, 0.5) is 0 Å². The summed E-state index contributed by atoms with van der Waals surface area (Å²) >= 11 is 6.10. The molecule has 0 aliphatic heterocycles. The number of halogens is 1. The highest BCUT2D eigenvalue weighted by molar-refractivity contribution is 7.89. The highest BCUT2D eigenvalue weighted by atomic mass is 35.5. The molecule has 1 aliphatic rings. The molecule has 1 fully saturated rings. The first-order chi connectivity index (χ1) is 12.4. The van der Waals surface area contributed by atoms with Crippen molar-refractivity contribution in [2.45, 2.75) is 43.0 Å². The molecule has 1 aliphatic carbocycles. The predicted molar refractivity (Wildman–Crippen MR) is 99.0 cm³/mol. The summed E-state index contributed by atoms with van der Waals surface area (Å²) in [6.07, 6.45) is 5.47. The van der Waals surface area contributed by atoms with Crippen LogP contribution in [0.15, 0.2) is 23.1 Å². The van der Waals surface area contributed by atoms with Crippen molar-refractivity contribution in [3.05, 3.63) is 23.2 Å². The molecule has 0 bridgehead atoms. The largest absolute Gasteiger partial charge is 0.482 e. The highest BCUT2D eigenvalue weighted by Crippen LogP contribution is 2.27. The normalized spacial score (nSPS) is 15.6. The fourth-order valence-corrected chi connectivity index (χ4v) is 4.13. The van der Waals surface area contributed by atoms with Gasteiger partial charge < -0.3 is 14.8 Å². The van der Waals surface area contributed by atoms with E-state index in [-0.39, 0.29) is 47.4 Å². The van der Waals surface area contributed by atoms with Crippen LogP contribution < -0.4 is 14.8 Å². The second-order valence-electron chi connectivity index (χ2n) is 6.17. The number of sulfonamides is 1. The number of benzene rings is 1. The van der Waals surface area contributed by atoms with Crippen molar-refractivity contribution in [3.8, 4) is 5.75 Å². The zero-order valence-electron chi connectivity index (χ0n) is 14.8. The van der Waals surface area contributed by atoms with Gasteiger partial charge in [0, 0.05) is 19.7 Å². The van der Waals surface area contributed by atoms with Gasteiger partial charge in [0.2, 0.25) is 10.0 Å². The first-order valence-corrected chi connectivity index (χ1v) is 10.5. The number of carbonyl (C=O) groups excluding carboxylic acids is 1. The predicted octanol–water partition coefficient (Wildman–Crippen LogP) is 2.09. The van der Waals surface area contributed by atoms with Crippen LogP contribution in [0.1, 0.15) is 32.1 Å². The van der Waals surface area contributed by atoms with Crippen LogP contribution in [0.5, 0.6) is 5.75 Å². The van der Waals surface area contributed by atoms with Gasteiger partial charge in [-0.1, -0.05) is 30.9 Å². The van der Waals surface area contributed by atoms with Gasteiger partial charge in [0.25, 0.3) is 5.91 Å². The van der Waals surface area contributed by atoms with Gasteiger partial charge in [0.05, 0.1) is 16.5 Å².